The van der Waals surface area contributed by atoms with E-state index in [-0.39, 0.29) is 0 Å². The highest BCUT2D eigenvalue weighted by atomic mass is 16.5. The summed E-state index contributed by atoms with van der Waals surface area (Å²) in [5.41, 5.74) is 3.41. The Bertz CT molecular complexity index is 552. The molecule has 0 fully saturated rings. The minimum absolute atomic E-state index is 0.850. The first-order chi connectivity index (χ1) is 8.38. The van der Waals surface area contributed by atoms with E-state index in [2.05, 4.69) is 40.0 Å². The Morgan fingerprint density at radius 1 is 1.18 bits per heavy atom. The first kappa shape index (κ1) is 10.1. The summed E-state index contributed by atoms with van der Waals surface area (Å²) in [6.07, 6.45) is 2.10. The number of benzene rings is 1. The summed E-state index contributed by atoms with van der Waals surface area (Å²) in [4.78, 5) is 4.62. The summed E-state index contributed by atoms with van der Waals surface area (Å²) in [5, 5.41) is 0. The van der Waals surface area contributed by atoms with E-state index >= 15 is 0 Å². The van der Waals surface area contributed by atoms with Gasteiger partial charge < -0.3 is 9.30 Å². The molecule has 0 saturated carbocycles. The van der Waals surface area contributed by atoms with Gasteiger partial charge in [0.15, 0.2) is 0 Å². The lowest BCUT2D eigenvalue weighted by Crippen LogP contribution is -2.18. The van der Waals surface area contributed by atoms with Crippen molar-refractivity contribution in [3.05, 3.63) is 53.9 Å². The smallest absolute Gasteiger partial charge is 0.118 e. The quantitative estimate of drug-likeness (QED) is 0.772. The predicted octanol–water partition coefficient (Wildman–Crippen LogP) is 2.35. The summed E-state index contributed by atoms with van der Waals surface area (Å²) in [6.45, 7) is 1.82. The molecule has 1 aromatic heterocycles. The lowest BCUT2D eigenvalue weighted by atomic mass is 10.1. The van der Waals surface area contributed by atoms with Crippen LogP contribution < -0.4 is 4.74 Å². The summed E-state index contributed by atoms with van der Waals surface area (Å²) in [6, 6.07) is 12.2. The average molecular weight is 226 g/mol. The number of hydrogen-bond donors (Lipinski definition) is 0. The van der Waals surface area contributed by atoms with Crippen molar-refractivity contribution >= 4 is 5.71 Å². The molecular formula is C14H14N2O. The average Bonchev–Trinajstić information content (AvgIpc) is 2.87. The molecule has 86 valence electrons. The Morgan fingerprint density at radius 2 is 2.00 bits per heavy atom. The maximum atomic E-state index is 5.17. The standard InChI is InChI=1S/C14H14N2O/c1-17-12-6-4-11(5-7-12)14-13-3-2-9-16(13)10-8-15-14/h2-7,9H,8,10H2,1H3. The Kier molecular flexibility index (Phi) is 2.44. The van der Waals surface area contributed by atoms with Gasteiger partial charge in [0, 0.05) is 18.3 Å². The molecule has 1 aromatic carbocycles. The fraction of sp³-hybridized carbons (Fsp3) is 0.214. The molecule has 0 radical (unpaired) electrons. The summed E-state index contributed by atoms with van der Waals surface area (Å²) < 4.78 is 7.41. The van der Waals surface area contributed by atoms with Crippen LogP contribution in [-0.4, -0.2) is 23.9 Å². The number of ether oxygens (including phenoxy) is 1. The third kappa shape index (κ3) is 1.73. The van der Waals surface area contributed by atoms with E-state index < -0.39 is 0 Å². The zero-order valence-corrected chi connectivity index (χ0v) is 9.76. The van der Waals surface area contributed by atoms with Gasteiger partial charge in [0.25, 0.3) is 0 Å². The van der Waals surface area contributed by atoms with Gasteiger partial charge in [-0.25, -0.2) is 0 Å². The number of fused-ring (bicyclic) bond motifs is 1. The van der Waals surface area contributed by atoms with E-state index in [1.54, 1.807) is 7.11 Å². The molecule has 2 heterocycles. The number of aliphatic imine (C=N–C) groups is 1. The van der Waals surface area contributed by atoms with Gasteiger partial charge in [-0.2, -0.15) is 0 Å². The van der Waals surface area contributed by atoms with Gasteiger partial charge >= 0.3 is 0 Å². The molecule has 0 N–H and O–H groups in total. The topological polar surface area (TPSA) is 26.5 Å². The van der Waals surface area contributed by atoms with Crippen LogP contribution in [0.15, 0.2) is 47.6 Å². The van der Waals surface area contributed by atoms with Crippen molar-refractivity contribution in [1.29, 1.82) is 0 Å². The van der Waals surface area contributed by atoms with Crippen LogP contribution >= 0.6 is 0 Å². The molecule has 3 heteroatoms. The largest absolute Gasteiger partial charge is 0.497 e. The van der Waals surface area contributed by atoms with Gasteiger partial charge in [0.05, 0.1) is 25.1 Å². The summed E-state index contributed by atoms with van der Waals surface area (Å²) in [7, 11) is 1.68. The van der Waals surface area contributed by atoms with Crippen LogP contribution in [0.3, 0.4) is 0 Å². The minimum atomic E-state index is 0.850. The van der Waals surface area contributed by atoms with Crippen molar-refractivity contribution in [2.24, 2.45) is 4.99 Å². The zero-order valence-electron chi connectivity index (χ0n) is 9.76. The van der Waals surface area contributed by atoms with Crippen molar-refractivity contribution in [3.8, 4) is 5.75 Å². The zero-order chi connectivity index (χ0) is 11.7. The third-order valence-corrected chi connectivity index (χ3v) is 3.05. The first-order valence-electron chi connectivity index (χ1n) is 5.73. The molecule has 0 unspecified atom stereocenters. The molecule has 0 bridgehead atoms. The minimum Gasteiger partial charge on any atom is -0.497 e. The molecule has 2 aromatic rings. The molecular weight excluding hydrogens is 212 g/mol. The number of methoxy groups -OCH3 is 1. The van der Waals surface area contributed by atoms with Gasteiger partial charge in [-0.3, -0.25) is 4.99 Å². The molecule has 3 nitrogen and oxygen atoms in total. The van der Waals surface area contributed by atoms with Crippen LogP contribution in [0.1, 0.15) is 11.3 Å². The van der Waals surface area contributed by atoms with Gasteiger partial charge in [0.1, 0.15) is 5.75 Å². The van der Waals surface area contributed by atoms with Crippen molar-refractivity contribution in [1.82, 2.24) is 4.57 Å². The van der Waals surface area contributed by atoms with Crippen LogP contribution in [0.4, 0.5) is 0 Å². The highest BCUT2D eigenvalue weighted by molar-refractivity contribution is 6.12. The van der Waals surface area contributed by atoms with E-state index in [1.807, 2.05) is 12.1 Å². The second-order valence-electron chi connectivity index (χ2n) is 4.05. The molecule has 0 aliphatic carbocycles. The number of aromatic nitrogens is 1. The van der Waals surface area contributed by atoms with Crippen LogP contribution in [0.2, 0.25) is 0 Å². The van der Waals surface area contributed by atoms with E-state index in [9.17, 15) is 0 Å². The predicted molar refractivity (Wildman–Crippen MR) is 67.9 cm³/mol. The summed E-state index contributed by atoms with van der Waals surface area (Å²) >= 11 is 0. The Hall–Kier alpha value is -2.03. The number of rotatable bonds is 2. The third-order valence-electron chi connectivity index (χ3n) is 3.05. The van der Waals surface area contributed by atoms with E-state index in [1.165, 1.54) is 5.69 Å². The molecule has 0 saturated heterocycles. The van der Waals surface area contributed by atoms with Crippen LogP contribution in [0.5, 0.6) is 5.75 Å². The van der Waals surface area contributed by atoms with Gasteiger partial charge in [-0.1, -0.05) is 0 Å². The maximum Gasteiger partial charge on any atom is 0.118 e. The van der Waals surface area contributed by atoms with Gasteiger partial charge in [0.2, 0.25) is 0 Å². The lowest BCUT2D eigenvalue weighted by molar-refractivity contribution is 0.415. The lowest BCUT2D eigenvalue weighted by Gasteiger charge is -2.16. The molecule has 0 spiro atoms. The van der Waals surface area contributed by atoms with Crippen molar-refractivity contribution in [2.75, 3.05) is 13.7 Å². The Labute approximate surface area is 100 Å². The first-order valence-corrected chi connectivity index (χ1v) is 5.73. The molecule has 17 heavy (non-hydrogen) atoms. The van der Waals surface area contributed by atoms with Gasteiger partial charge in [-0.15, -0.1) is 0 Å². The summed E-state index contributed by atoms with van der Waals surface area (Å²) in [5.74, 6) is 0.876. The second-order valence-corrected chi connectivity index (χ2v) is 4.05. The number of hydrogen-bond acceptors (Lipinski definition) is 2. The Morgan fingerprint density at radius 3 is 2.76 bits per heavy atom. The van der Waals surface area contributed by atoms with Crippen molar-refractivity contribution < 1.29 is 4.74 Å². The fourth-order valence-electron chi connectivity index (χ4n) is 2.16. The Balaban J connectivity index is 2.01. The second kappa shape index (κ2) is 4.09. The van der Waals surface area contributed by atoms with E-state index in [4.69, 9.17) is 4.74 Å². The molecule has 3 rings (SSSR count). The van der Waals surface area contributed by atoms with Crippen LogP contribution in [0, 0.1) is 0 Å². The maximum absolute atomic E-state index is 5.17. The van der Waals surface area contributed by atoms with Crippen LogP contribution in [-0.2, 0) is 6.54 Å². The monoisotopic (exact) mass is 226 g/mol. The normalized spacial score (nSPS) is 14.1. The van der Waals surface area contributed by atoms with E-state index in [0.29, 0.717) is 0 Å². The highest BCUT2D eigenvalue weighted by Crippen LogP contribution is 2.18. The van der Waals surface area contributed by atoms with E-state index in [0.717, 1.165) is 30.1 Å². The van der Waals surface area contributed by atoms with Crippen molar-refractivity contribution in [3.63, 3.8) is 0 Å². The van der Waals surface area contributed by atoms with Gasteiger partial charge in [-0.05, 0) is 36.4 Å². The number of nitrogens with zero attached hydrogens (tertiary/aromatic N) is 2. The highest BCUT2D eigenvalue weighted by Gasteiger charge is 2.14. The van der Waals surface area contributed by atoms with Crippen molar-refractivity contribution in [2.45, 2.75) is 6.54 Å². The molecule has 1 aliphatic heterocycles. The van der Waals surface area contributed by atoms with Crippen LogP contribution in [0.25, 0.3) is 0 Å². The fourth-order valence-corrected chi connectivity index (χ4v) is 2.16. The molecule has 0 amide bonds. The molecule has 0 atom stereocenters. The SMILES string of the molecule is COc1ccc(C2=NCCn3cccc32)cc1. The molecule has 1 aliphatic rings.